The van der Waals surface area contributed by atoms with Gasteiger partial charge in [0.15, 0.2) is 0 Å². The maximum atomic E-state index is 12.4. The normalized spacial score (nSPS) is 17.3. The predicted molar refractivity (Wildman–Crippen MR) is 74.0 cm³/mol. The Morgan fingerprint density at radius 2 is 1.86 bits per heavy atom. The van der Waals surface area contributed by atoms with Gasteiger partial charge in [-0.2, -0.15) is 0 Å². The van der Waals surface area contributed by atoms with Crippen molar-refractivity contribution in [2.45, 2.75) is 19.8 Å². The number of likely N-dealkylation sites (tertiary alicyclic amines) is 1. The standard InChI is InChI=1S/C14H16N2O5/c1-14(13(18)19)6-8-15(9-7-14)12(17)10-4-2-3-5-11(10)16(20)21/h2-5H,6-9H2,1H3,(H,18,19). The second-order valence-electron chi connectivity index (χ2n) is 5.43. The number of piperidine rings is 1. The molecular weight excluding hydrogens is 276 g/mol. The molecule has 112 valence electrons. The number of nitrogens with zero attached hydrogens (tertiary/aromatic N) is 2. The molecule has 1 aromatic carbocycles. The molecule has 1 saturated heterocycles. The number of carboxylic acids is 1. The molecule has 0 bridgehead atoms. The minimum absolute atomic E-state index is 0.0430. The first-order valence-electron chi connectivity index (χ1n) is 6.61. The van der Waals surface area contributed by atoms with Crippen molar-refractivity contribution in [2.75, 3.05) is 13.1 Å². The molecule has 0 unspecified atom stereocenters. The van der Waals surface area contributed by atoms with Gasteiger partial charge in [-0.25, -0.2) is 0 Å². The Kier molecular flexibility index (Phi) is 3.93. The maximum Gasteiger partial charge on any atom is 0.309 e. The van der Waals surface area contributed by atoms with Gasteiger partial charge in [-0.3, -0.25) is 19.7 Å². The first-order valence-corrected chi connectivity index (χ1v) is 6.61. The van der Waals surface area contributed by atoms with Crippen LogP contribution in [-0.4, -0.2) is 39.9 Å². The molecule has 21 heavy (non-hydrogen) atoms. The summed E-state index contributed by atoms with van der Waals surface area (Å²) in [5.74, 6) is -1.30. The summed E-state index contributed by atoms with van der Waals surface area (Å²) in [6.07, 6.45) is 0.684. The third-order valence-corrected chi connectivity index (χ3v) is 4.00. The molecule has 1 fully saturated rings. The molecule has 0 aliphatic carbocycles. The number of rotatable bonds is 3. The van der Waals surface area contributed by atoms with Gasteiger partial charge in [0.2, 0.25) is 0 Å². The average molecular weight is 292 g/mol. The van der Waals surface area contributed by atoms with E-state index >= 15 is 0 Å². The molecule has 1 aromatic rings. The lowest BCUT2D eigenvalue weighted by Gasteiger charge is -2.36. The topological polar surface area (TPSA) is 101 Å². The van der Waals surface area contributed by atoms with E-state index in [1.165, 1.54) is 23.1 Å². The Morgan fingerprint density at radius 1 is 1.29 bits per heavy atom. The zero-order chi connectivity index (χ0) is 15.6. The third kappa shape index (κ3) is 2.86. The van der Waals surface area contributed by atoms with Crippen molar-refractivity contribution in [1.82, 2.24) is 4.90 Å². The van der Waals surface area contributed by atoms with Crippen LogP contribution in [0.2, 0.25) is 0 Å². The Balaban J connectivity index is 2.17. The number of carbonyl (C=O) groups is 2. The lowest BCUT2D eigenvalue weighted by molar-refractivity contribution is -0.385. The number of hydrogen-bond donors (Lipinski definition) is 1. The number of carboxylic acid groups (broad SMARTS) is 1. The van der Waals surface area contributed by atoms with Gasteiger partial charge in [0.05, 0.1) is 10.3 Å². The second-order valence-corrected chi connectivity index (χ2v) is 5.43. The SMILES string of the molecule is CC1(C(=O)O)CCN(C(=O)c2ccccc2[N+](=O)[O-])CC1. The van der Waals surface area contributed by atoms with E-state index in [1.54, 1.807) is 13.0 Å². The lowest BCUT2D eigenvalue weighted by atomic mass is 9.80. The molecule has 1 aliphatic heterocycles. The number of hydrogen-bond acceptors (Lipinski definition) is 4. The molecule has 1 heterocycles. The van der Waals surface area contributed by atoms with Crippen LogP contribution in [0.4, 0.5) is 5.69 Å². The summed E-state index contributed by atoms with van der Waals surface area (Å²) in [7, 11) is 0. The van der Waals surface area contributed by atoms with E-state index in [9.17, 15) is 19.7 Å². The molecule has 0 radical (unpaired) electrons. The van der Waals surface area contributed by atoms with Crippen molar-refractivity contribution < 1.29 is 19.6 Å². The van der Waals surface area contributed by atoms with Crippen LogP contribution in [0.25, 0.3) is 0 Å². The van der Waals surface area contributed by atoms with Crippen molar-refractivity contribution >= 4 is 17.6 Å². The van der Waals surface area contributed by atoms with Gasteiger partial charge in [-0.05, 0) is 25.8 Å². The first kappa shape index (κ1) is 15.0. The number of nitro groups is 1. The van der Waals surface area contributed by atoms with E-state index in [0.29, 0.717) is 12.8 Å². The van der Waals surface area contributed by atoms with Crippen LogP contribution in [0, 0.1) is 15.5 Å². The summed E-state index contributed by atoms with van der Waals surface area (Å²) in [5.41, 5.74) is -1.02. The number of benzene rings is 1. The molecule has 1 amide bonds. The second kappa shape index (κ2) is 5.51. The summed E-state index contributed by atoms with van der Waals surface area (Å²) in [4.78, 5) is 35.4. The molecule has 0 atom stereocenters. The summed E-state index contributed by atoms with van der Waals surface area (Å²) < 4.78 is 0. The van der Waals surface area contributed by atoms with E-state index < -0.39 is 22.2 Å². The van der Waals surface area contributed by atoms with E-state index in [2.05, 4.69) is 0 Å². The number of para-hydroxylation sites is 1. The number of aliphatic carboxylic acids is 1. The summed E-state index contributed by atoms with van der Waals surface area (Å²) in [6, 6.07) is 5.79. The number of amides is 1. The summed E-state index contributed by atoms with van der Waals surface area (Å²) >= 11 is 0. The van der Waals surface area contributed by atoms with E-state index in [1.807, 2.05) is 0 Å². The van der Waals surface area contributed by atoms with Crippen LogP contribution in [0.15, 0.2) is 24.3 Å². The fourth-order valence-electron chi connectivity index (χ4n) is 2.40. The first-order chi connectivity index (χ1) is 9.85. The van der Waals surface area contributed by atoms with Gasteiger partial charge in [-0.1, -0.05) is 12.1 Å². The number of nitro benzene ring substituents is 1. The smallest absolute Gasteiger partial charge is 0.309 e. The van der Waals surface area contributed by atoms with Gasteiger partial charge >= 0.3 is 5.97 Å². The Hall–Kier alpha value is -2.44. The molecular formula is C14H16N2O5. The minimum atomic E-state index is -0.875. The van der Waals surface area contributed by atoms with Crippen LogP contribution in [0.3, 0.4) is 0 Å². The van der Waals surface area contributed by atoms with E-state index in [4.69, 9.17) is 5.11 Å². The highest BCUT2D eigenvalue weighted by Crippen LogP contribution is 2.32. The van der Waals surface area contributed by atoms with Gasteiger partial charge in [-0.15, -0.1) is 0 Å². The molecule has 7 heteroatoms. The van der Waals surface area contributed by atoms with Crippen LogP contribution in [0.5, 0.6) is 0 Å². The van der Waals surface area contributed by atoms with Gasteiger partial charge in [0, 0.05) is 19.2 Å². The lowest BCUT2D eigenvalue weighted by Crippen LogP contribution is -2.45. The molecule has 0 aromatic heterocycles. The van der Waals surface area contributed by atoms with Gasteiger partial charge in [0.25, 0.3) is 11.6 Å². The van der Waals surface area contributed by atoms with Crippen LogP contribution in [-0.2, 0) is 4.79 Å². The highest BCUT2D eigenvalue weighted by Gasteiger charge is 2.38. The van der Waals surface area contributed by atoms with E-state index in [-0.39, 0.29) is 24.3 Å². The van der Waals surface area contributed by atoms with Crippen LogP contribution < -0.4 is 0 Å². The van der Waals surface area contributed by atoms with Crippen LogP contribution >= 0.6 is 0 Å². The van der Waals surface area contributed by atoms with Gasteiger partial charge in [0.1, 0.15) is 5.56 Å². The van der Waals surface area contributed by atoms with Crippen molar-refractivity contribution in [3.63, 3.8) is 0 Å². The monoisotopic (exact) mass is 292 g/mol. The van der Waals surface area contributed by atoms with Crippen molar-refractivity contribution in [1.29, 1.82) is 0 Å². The molecule has 1 aliphatic rings. The zero-order valence-electron chi connectivity index (χ0n) is 11.6. The van der Waals surface area contributed by atoms with Gasteiger partial charge < -0.3 is 10.0 Å². The fourth-order valence-corrected chi connectivity index (χ4v) is 2.40. The maximum absolute atomic E-state index is 12.4. The average Bonchev–Trinajstić information content (AvgIpc) is 2.47. The molecule has 0 saturated carbocycles. The Bertz CT molecular complexity index is 591. The predicted octanol–water partition coefficient (Wildman–Crippen LogP) is 1.92. The van der Waals surface area contributed by atoms with Crippen LogP contribution in [0.1, 0.15) is 30.1 Å². The third-order valence-electron chi connectivity index (χ3n) is 4.00. The molecule has 7 nitrogen and oxygen atoms in total. The Labute approximate surface area is 121 Å². The highest BCUT2D eigenvalue weighted by molar-refractivity contribution is 5.98. The quantitative estimate of drug-likeness (QED) is 0.677. The van der Waals surface area contributed by atoms with Crippen molar-refractivity contribution in [3.8, 4) is 0 Å². The summed E-state index contributed by atoms with van der Waals surface area (Å²) in [6.45, 7) is 2.23. The molecule has 2 rings (SSSR count). The largest absolute Gasteiger partial charge is 0.481 e. The molecule has 0 spiro atoms. The molecule has 1 N–H and O–H groups in total. The summed E-state index contributed by atoms with van der Waals surface area (Å²) in [5, 5.41) is 20.1. The number of carbonyl (C=O) groups excluding carboxylic acids is 1. The fraction of sp³-hybridized carbons (Fsp3) is 0.429. The minimum Gasteiger partial charge on any atom is -0.481 e. The van der Waals surface area contributed by atoms with Crippen molar-refractivity contribution in [2.24, 2.45) is 5.41 Å². The van der Waals surface area contributed by atoms with Crippen molar-refractivity contribution in [3.05, 3.63) is 39.9 Å². The zero-order valence-corrected chi connectivity index (χ0v) is 11.6. The highest BCUT2D eigenvalue weighted by atomic mass is 16.6. The van der Waals surface area contributed by atoms with E-state index in [0.717, 1.165) is 0 Å². The Morgan fingerprint density at radius 3 is 2.38 bits per heavy atom.